The van der Waals surface area contributed by atoms with Crippen LogP contribution in [-0.2, 0) is 5.54 Å². The first-order valence-corrected chi connectivity index (χ1v) is 7.19. The first-order chi connectivity index (χ1) is 9.05. The summed E-state index contributed by atoms with van der Waals surface area (Å²) in [6.45, 7) is 4.55. The quantitative estimate of drug-likeness (QED) is 0.907. The molecule has 1 saturated carbocycles. The van der Waals surface area contributed by atoms with Gasteiger partial charge in [-0.25, -0.2) is 4.98 Å². The highest BCUT2D eigenvalue weighted by Crippen LogP contribution is 2.41. The van der Waals surface area contributed by atoms with E-state index in [1.807, 2.05) is 0 Å². The van der Waals surface area contributed by atoms with E-state index in [4.69, 9.17) is 10.5 Å². The number of nitrogens with zero attached hydrogens (tertiary/aromatic N) is 2. The fourth-order valence-electron chi connectivity index (χ4n) is 3.32. The van der Waals surface area contributed by atoms with Gasteiger partial charge in [0.15, 0.2) is 0 Å². The Hall–Kier alpha value is -1.16. The molecule has 2 unspecified atom stereocenters. The van der Waals surface area contributed by atoms with Gasteiger partial charge in [-0.3, -0.25) is 4.98 Å². The standard InChI is InChI=1S/C15H25N3O/c1-11(2)9-12-5-4-6-15(16,10-12)13-14(19-3)18-8-7-17-13/h7-8,11-12H,4-6,9-10,16H2,1-3H3. The van der Waals surface area contributed by atoms with Crippen molar-refractivity contribution in [2.75, 3.05) is 7.11 Å². The number of aromatic nitrogens is 2. The molecule has 19 heavy (non-hydrogen) atoms. The molecule has 0 amide bonds. The molecule has 0 bridgehead atoms. The highest BCUT2D eigenvalue weighted by molar-refractivity contribution is 5.26. The molecular formula is C15H25N3O. The van der Waals surface area contributed by atoms with Gasteiger partial charge in [-0.1, -0.05) is 26.7 Å². The average molecular weight is 263 g/mol. The Bertz CT molecular complexity index is 422. The maximum absolute atomic E-state index is 6.64. The van der Waals surface area contributed by atoms with Crippen molar-refractivity contribution in [2.24, 2.45) is 17.6 Å². The minimum absolute atomic E-state index is 0.378. The summed E-state index contributed by atoms with van der Waals surface area (Å²) in [5, 5.41) is 0. The maximum Gasteiger partial charge on any atom is 0.237 e. The van der Waals surface area contributed by atoms with Gasteiger partial charge in [-0.05, 0) is 31.1 Å². The Balaban J connectivity index is 2.21. The Labute approximate surface area is 115 Å². The lowest BCUT2D eigenvalue weighted by molar-refractivity contribution is 0.192. The molecule has 1 fully saturated rings. The summed E-state index contributed by atoms with van der Waals surface area (Å²) < 4.78 is 5.33. The highest BCUT2D eigenvalue weighted by atomic mass is 16.5. The molecule has 0 radical (unpaired) electrons. The minimum Gasteiger partial charge on any atom is -0.480 e. The Morgan fingerprint density at radius 1 is 1.42 bits per heavy atom. The topological polar surface area (TPSA) is 61.0 Å². The maximum atomic E-state index is 6.64. The summed E-state index contributed by atoms with van der Waals surface area (Å²) in [5.41, 5.74) is 7.09. The molecule has 0 saturated heterocycles. The number of hydrogen-bond acceptors (Lipinski definition) is 4. The lowest BCUT2D eigenvalue weighted by Gasteiger charge is -2.38. The van der Waals surface area contributed by atoms with Gasteiger partial charge in [0.1, 0.15) is 5.69 Å². The molecule has 4 nitrogen and oxygen atoms in total. The molecule has 1 aromatic rings. The summed E-state index contributed by atoms with van der Waals surface area (Å²) in [6.07, 6.45) is 8.99. The number of nitrogens with two attached hydrogens (primary N) is 1. The largest absolute Gasteiger partial charge is 0.480 e. The minimum atomic E-state index is -0.378. The first-order valence-electron chi connectivity index (χ1n) is 7.19. The van der Waals surface area contributed by atoms with E-state index >= 15 is 0 Å². The van der Waals surface area contributed by atoms with E-state index in [0.29, 0.717) is 11.8 Å². The molecule has 106 valence electrons. The first kappa shape index (κ1) is 14.3. The molecule has 2 atom stereocenters. The van der Waals surface area contributed by atoms with Crippen molar-refractivity contribution in [1.82, 2.24) is 9.97 Å². The second kappa shape index (κ2) is 5.87. The molecule has 4 heteroatoms. The van der Waals surface area contributed by atoms with Crippen molar-refractivity contribution in [3.05, 3.63) is 18.1 Å². The summed E-state index contributed by atoms with van der Waals surface area (Å²) >= 11 is 0. The average Bonchev–Trinajstić information content (AvgIpc) is 2.38. The second-order valence-corrected chi connectivity index (χ2v) is 6.16. The van der Waals surface area contributed by atoms with Gasteiger partial charge in [0.25, 0.3) is 0 Å². The van der Waals surface area contributed by atoms with E-state index < -0.39 is 0 Å². The molecule has 0 aromatic carbocycles. The second-order valence-electron chi connectivity index (χ2n) is 6.16. The summed E-state index contributed by atoms with van der Waals surface area (Å²) in [6, 6.07) is 0. The van der Waals surface area contributed by atoms with Crippen LogP contribution in [0.4, 0.5) is 0 Å². The van der Waals surface area contributed by atoms with Crippen molar-refractivity contribution in [1.29, 1.82) is 0 Å². The fourth-order valence-corrected chi connectivity index (χ4v) is 3.32. The van der Waals surface area contributed by atoms with Crippen LogP contribution in [0.25, 0.3) is 0 Å². The smallest absolute Gasteiger partial charge is 0.237 e. The van der Waals surface area contributed by atoms with Crippen LogP contribution in [0.1, 0.15) is 51.6 Å². The van der Waals surface area contributed by atoms with E-state index in [0.717, 1.165) is 30.9 Å². The van der Waals surface area contributed by atoms with Crippen LogP contribution in [0.2, 0.25) is 0 Å². The van der Waals surface area contributed by atoms with E-state index in [1.54, 1.807) is 19.5 Å². The van der Waals surface area contributed by atoms with E-state index in [1.165, 1.54) is 12.8 Å². The summed E-state index contributed by atoms with van der Waals surface area (Å²) in [7, 11) is 1.63. The number of hydrogen-bond donors (Lipinski definition) is 1. The Morgan fingerprint density at radius 3 is 2.84 bits per heavy atom. The van der Waals surface area contributed by atoms with Crippen LogP contribution in [-0.4, -0.2) is 17.1 Å². The van der Waals surface area contributed by atoms with E-state index in [9.17, 15) is 0 Å². The third kappa shape index (κ3) is 3.24. The van der Waals surface area contributed by atoms with Crippen LogP contribution >= 0.6 is 0 Å². The molecule has 1 aliphatic rings. The number of rotatable bonds is 4. The summed E-state index contributed by atoms with van der Waals surface area (Å²) in [4.78, 5) is 8.68. The lowest BCUT2D eigenvalue weighted by Crippen LogP contribution is -2.42. The third-order valence-electron chi connectivity index (χ3n) is 4.02. The van der Waals surface area contributed by atoms with Gasteiger partial charge >= 0.3 is 0 Å². The van der Waals surface area contributed by atoms with Crippen molar-refractivity contribution >= 4 is 0 Å². The molecule has 2 rings (SSSR count). The summed E-state index contributed by atoms with van der Waals surface area (Å²) in [5.74, 6) is 1.98. The lowest BCUT2D eigenvalue weighted by atomic mass is 9.72. The van der Waals surface area contributed by atoms with Gasteiger partial charge in [0, 0.05) is 12.4 Å². The van der Waals surface area contributed by atoms with Crippen LogP contribution < -0.4 is 10.5 Å². The number of ether oxygens (including phenoxy) is 1. The van der Waals surface area contributed by atoms with Crippen LogP contribution in [0.15, 0.2) is 12.4 Å². The molecule has 0 aliphatic heterocycles. The predicted octanol–water partition coefficient (Wildman–Crippen LogP) is 2.88. The molecule has 1 aliphatic carbocycles. The zero-order valence-electron chi connectivity index (χ0n) is 12.2. The van der Waals surface area contributed by atoms with E-state index in [-0.39, 0.29) is 5.54 Å². The van der Waals surface area contributed by atoms with Crippen molar-refractivity contribution in [2.45, 2.75) is 51.5 Å². The molecule has 1 aromatic heterocycles. The van der Waals surface area contributed by atoms with Crippen molar-refractivity contribution in [3.8, 4) is 5.88 Å². The zero-order chi connectivity index (χ0) is 13.9. The van der Waals surface area contributed by atoms with Gasteiger partial charge in [0.2, 0.25) is 5.88 Å². The van der Waals surface area contributed by atoms with Crippen LogP contribution in [0.5, 0.6) is 5.88 Å². The van der Waals surface area contributed by atoms with Gasteiger partial charge in [0.05, 0.1) is 12.6 Å². The fraction of sp³-hybridized carbons (Fsp3) is 0.733. The Morgan fingerprint density at radius 2 is 2.16 bits per heavy atom. The van der Waals surface area contributed by atoms with E-state index in [2.05, 4.69) is 23.8 Å². The Kier molecular flexibility index (Phi) is 4.40. The van der Waals surface area contributed by atoms with Gasteiger partial charge in [-0.2, -0.15) is 0 Å². The number of methoxy groups -OCH3 is 1. The predicted molar refractivity (Wildman–Crippen MR) is 75.9 cm³/mol. The molecule has 0 spiro atoms. The third-order valence-corrected chi connectivity index (χ3v) is 4.02. The monoisotopic (exact) mass is 263 g/mol. The zero-order valence-corrected chi connectivity index (χ0v) is 12.2. The van der Waals surface area contributed by atoms with Crippen LogP contribution in [0, 0.1) is 11.8 Å². The highest BCUT2D eigenvalue weighted by Gasteiger charge is 2.38. The SMILES string of the molecule is COc1nccnc1C1(N)CCCC(CC(C)C)C1. The molecule has 2 N–H and O–H groups in total. The normalized spacial score (nSPS) is 27.5. The van der Waals surface area contributed by atoms with Gasteiger partial charge < -0.3 is 10.5 Å². The molecular weight excluding hydrogens is 238 g/mol. The molecule has 1 heterocycles. The van der Waals surface area contributed by atoms with Crippen molar-refractivity contribution in [3.63, 3.8) is 0 Å². The van der Waals surface area contributed by atoms with Crippen molar-refractivity contribution < 1.29 is 4.74 Å². The van der Waals surface area contributed by atoms with Gasteiger partial charge in [-0.15, -0.1) is 0 Å². The van der Waals surface area contributed by atoms with Crippen LogP contribution in [0.3, 0.4) is 0 Å².